The van der Waals surface area contributed by atoms with Crippen molar-refractivity contribution < 1.29 is 14.1 Å². The first-order chi connectivity index (χ1) is 10.2. The van der Waals surface area contributed by atoms with Crippen LogP contribution in [0, 0.1) is 0 Å². The van der Waals surface area contributed by atoms with E-state index in [-0.39, 0.29) is 11.4 Å². The summed E-state index contributed by atoms with van der Waals surface area (Å²) in [4.78, 5) is 16.9. The Morgan fingerprint density at radius 2 is 2.24 bits per heavy atom. The molecule has 1 atom stereocenters. The topological polar surface area (TPSA) is 58.8 Å². The van der Waals surface area contributed by atoms with Gasteiger partial charge in [-0.2, -0.15) is 0 Å². The number of hydrogen-bond donors (Lipinski definition) is 0. The van der Waals surface area contributed by atoms with Gasteiger partial charge in [0.15, 0.2) is 0 Å². The van der Waals surface area contributed by atoms with Crippen LogP contribution in [0.25, 0.3) is 0 Å². The number of likely N-dealkylation sites (tertiary alicyclic amines) is 2. The Bertz CT molecular complexity index is 477. The number of piperidine rings is 1. The van der Waals surface area contributed by atoms with E-state index in [2.05, 4.69) is 10.1 Å². The molecule has 2 aliphatic rings. The molecule has 21 heavy (non-hydrogen) atoms. The Labute approximate surface area is 125 Å². The second-order valence-corrected chi connectivity index (χ2v) is 6.01. The van der Waals surface area contributed by atoms with E-state index < -0.39 is 0 Å². The lowest BCUT2D eigenvalue weighted by Crippen LogP contribution is -2.57. The highest BCUT2D eigenvalue weighted by Gasteiger charge is 2.44. The first kappa shape index (κ1) is 14.5. The third-order valence-electron chi connectivity index (χ3n) is 4.80. The van der Waals surface area contributed by atoms with Gasteiger partial charge >= 0.3 is 0 Å². The monoisotopic (exact) mass is 293 g/mol. The lowest BCUT2D eigenvalue weighted by Gasteiger charge is -2.45. The summed E-state index contributed by atoms with van der Waals surface area (Å²) in [6.45, 7) is 4.39. The van der Waals surface area contributed by atoms with Gasteiger partial charge in [-0.25, -0.2) is 0 Å². The Balaban J connectivity index is 1.71. The summed E-state index contributed by atoms with van der Waals surface area (Å²) in [5.74, 6) is 0.304. The molecule has 116 valence electrons. The molecule has 0 radical (unpaired) electrons. The van der Waals surface area contributed by atoms with Gasteiger partial charge in [-0.05, 0) is 32.2 Å². The smallest absolute Gasteiger partial charge is 0.292 e. The predicted octanol–water partition coefficient (Wildman–Crippen LogP) is 1.39. The van der Waals surface area contributed by atoms with Gasteiger partial charge < -0.3 is 14.2 Å². The summed E-state index contributed by atoms with van der Waals surface area (Å²) in [5, 5.41) is 3.63. The van der Waals surface area contributed by atoms with E-state index in [1.165, 1.54) is 12.6 Å². The Kier molecular flexibility index (Phi) is 4.26. The second kappa shape index (κ2) is 6.15. The summed E-state index contributed by atoms with van der Waals surface area (Å²) >= 11 is 0. The average molecular weight is 293 g/mol. The predicted molar refractivity (Wildman–Crippen MR) is 77.1 cm³/mol. The maximum atomic E-state index is 12.5. The maximum absolute atomic E-state index is 12.5. The van der Waals surface area contributed by atoms with Gasteiger partial charge in [0, 0.05) is 38.3 Å². The Morgan fingerprint density at radius 1 is 1.43 bits per heavy atom. The third-order valence-corrected chi connectivity index (χ3v) is 4.80. The van der Waals surface area contributed by atoms with Crippen molar-refractivity contribution in [3.05, 3.63) is 18.0 Å². The van der Waals surface area contributed by atoms with Gasteiger partial charge in [0.05, 0.1) is 12.8 Å². The molecule has 6 heteroatoms. The summed E-state index contributed by atoms with van der Waals surface area (Å²) < 4.78 is 10.2. The fraction of sp³-hybridized carbons (Fsp3) is 0.733. The molecule has 2 fully saturated rings. The van der Waals surface area contributed by atoms with Crippen LogP contribution in [0.3, 0.4) is 0 Å². The molecule has 0 aromatic carbocycles. The molecule has 2 saturated heterocycles. The number of rotatable bonds is 4. The van der Waals surface area contributed by atoms with Crippen LogP contribution in [0.5, 0.6) is 0 Å². The minimum Gasteiger partial charge on any atom is -0.383 e. The zero-order chi connectivity index (χ0) is 14.7. The summed E-state index contributed by atoms with van der Waals surface area (Å²) in [6.07, 6.45) is 6.10. The second-order valence-electron chi connectivity index (χ2n) is 6.01. The molecule has 1 aromatic heterocycles. The van der Waals surface area contributed by atoms with E-state index >= 15 is 0 Å². The van der Waals surface area contributed by atoms with Crippen LogP contribution in [0.15, 0.2) is 16.8 Å². The number of nitrogens with zero attached hydrogens (tertiary/aromatic N) is 3. The van der Waals surface area contributed by atoms with Gasteiger partial charge in [0.1, 0.15) is 0 Å². The van der Waals surface area contributed by atoms with Gasteiger partial charge in [0.25, 0.3) is 5.91 Å². The molecule has 0 bridgehead atoms. The number of aromatic nitrogens is 1. The summed E-state index contributed by atoms with van der Waals surface area (Å²) in [7, 11) is 1.74. The standard InChI is InChI=1S/C15H23N3O3/c1-20-11-10-18-9-3-6-15(18)5-2-8-17(12-15)14(19)13-4-7-16-21-13/h4,7H,2-3,5-6,8-12H2,1H3/t15-/m1/s1. The number of methoxy groups -OCH3 is 1. The van der Waals surface area contributed by atoms with E-state index in [1.807, 2.05) is 4.90 Å². The molecular formula is C15H23N3O3. The van der Waals surface area contributed by atoms with Crippen LogP contribution in [0.1, 0.15) is 36.2 Å². The van der Waals surface area contributed by atoms with Crippen LogP contribution in [0.2, 0.25) is 0 Å². The van der Waals surface area contributed by atoms with Gasteiger partial charge in [-0.3, -0.25) is 9.69 Å². The number of amides is 1. The number of hydrogen-bond acceptors (Lipinski definition) is 5. The minimum atomic E-state index is -0.0369. The van der Waals surface area contributed by atoms with Gasteiger partial charge in [-0.15, -0.1) is 0 Å². The van der Waals surface area contributed by atoms with E-state index in [4.69, 9.17) is 9.26 Å². The normalized spacial score (nSPS) is 26.6. The lowest BCUT2D eigenvalue weighted by molar-refractivity contribution is 0.0211. The SMILES string of the molecule is COCCN1CCC[C@@]12CCCN(C(=O)c1ccno1)C2. The van der Waals surface area contributed by atoms with E-state index in [0.717, 1.165) is 52.0 Å². The molecule has 0 N–H and O–H groups in total. The Hall–Kier alpha value is -1.40. The summed E-state index contributed by atoms with van der Waals surface area (Å²) in [5.41, 5.74) is 0.131. The van der Waals surface area contributed by atoms with Crippen molar-refractivity contribution in [2.24, 2.45) is 0 Å². The highest BCUT2D eigenvalue weighted by Crippen LogP contribution is 2.37. The molecule has 1 amide bonds. The molecule has 0 aliphatic carbocycles. The van der Waals surface area contributed by atoms with Crippen molar-refractivity contribution in [3.8, 4) is 0 Å². The molecule has 3 heterocycles. The first-order valence-corrected chi connectivity index (χ1v) is 7.69. The van der Waals surface area contributed by atoms with Crippen LogP contribution in [-0.2, 0) is 4.74 Å². The van der Waals surface area contributed by atoms with Crippen molar-refractivity contribution in [3.63, 3.8) is 0 Å². The van der Waals surface area contributed by atoms with Crippen molar-refractivity contribution in [1.29, 1.82) is 0 Å². The molecule has 0 unspecified atom stereocenters. The van der Waals surface area contributed by atoms with Crippen LogP contribution >= 0.6 is 0 Å². The zero-order valence-electron chi connectivity index (χ0n) is 12.6. The third kappa shape index (κ3) is 2.82. The van der Waals surface area contributed by atoms with Crippen molar-refractivity contribution in [2.45, 2.75) is 31.2 Å². The van der Waals surface area contributed by atoms with Crippen molar-refractivity contribution in [1.82, 2.24) is 15.0 Å². The number of carbonyl (C=O) groups excluding carboxylic acids is 1. The molecule has 2 aliphatic heterocycles. The van der Waals surface area contributed by atoms with Gasteiger partial charge in [-0.1, -0.05) is 5.16 Å². The molecular weight excluding hydrogens is 270 g/mol. The summed E-state index contributed by atoms with van der Waals surface area (Å²) in [6, 6.07) is 1.64. The molecule has 0 saturated carbocycles. The molecule has 1 spiro atoms. The number of ether oxygens (including phenoxy) is 1. The van der Waals surface area contributed by atoms with Crippen LogP contribution in [0.4, 0.5) is 0 Å². The van der Waals surface area contributed by atoms with Crippen LogP contribution in [-0.4, -0.2) is 66.3 Å². The Morgan fingerprint density at radius 3 is 2.95 bits per heavy atom. The molecule has 6 nitrogen and oxygen atoms in total. The largest absolute Gasteiger partial charge is 0.383 e. The lowest BCUT2D eigenvalue weighted by atomic mass is 9.86. The van der Waals surface area contributed by atoms with E-state index in [0.29, 0.717) is 5.76 Å². The van der Waals surface area contributed by atoms with E-state index in [1.54, 1.807) is 13.2 Å². The highest BCUT2D eigenvalue weighted by molar-refractivity contribution is 5.91. The maximum Gasteiger partial charge on any atom is 0.292 e. The quantitative estimate of drug-likeness (QED) is 0.839. The molecule has 3 rings (SSSR count). The van der Waals surface area contributed by atoms with E-state index in [9.17, 15) is 4.79 Å². The first-order valence-electron chi connectivity index (χ1n) is 7.69. The van der Waals surface area contributed by atoms with Crippen LogP contribution < -0.4 is 0 Å². The highest BCUT2D eigenvalue weighted by atomic mass is 16.5. The molecule has 1 aromatic rings. The average Bonchev–Trinajstić information content (AvgIpc) is 3.15. The number of carbonyl (C=O) groups is 1. The van der Waals surface area contributed by atoms with Gasteiger partial charge in [0.2, 0.25) is 5.76 Å². The fourth-order valence-corrected chi connectivity index (χ4v) is 3.77. The fourth-order valence-electron chi connectivity index (χ4n) is 3.77. The van der Waals surface area contributed by atoms with Crippen molar-refractivity contribution in [2.75, 3.05) is 39.9 Å². The minimum absolute atomic E-state index is 0.0369. The van der Waals surface area contributed by atoms with Crippen molar-refractivity contribution >= 4 is 5.91 Å². The zero-order valence-corrected chi connectivity index (χ0v) is 12.6.